The minimum absolute atomic E-state index is 0.0255. The molecule has 1 unspecified atom stereocenters. The highest BCUT2D eigenvalue weighted by molar-refractivity contribution is 5.76. The number of carbonyl (C=O) groups is 1. The van der Waals surface area contributed by atoms with Gasteiger partial charge < -0.3 is 4.74 Å². The van der Waals surface area contributed by atoms with Crippen LogP contribution in [0.4, 0.5) is 0 Å². The highest BCUT2D eigenvalue weighted by atomic mass is 16.5. The Morgan fingerprint density at radius 3 is 2.72 bits per heavy atom. The summed E-state index contributed by atoms with van der Waals surface area (Å²) in [5.41, 5.74) is 1.26. The van der Waals surface area contributed by atoms with E-state index in [-0.39, 0.29) is 11.4 Å². The molecule has 2 heteroatoms. The van der Waals surface area contributed by atoms with Crippen LogP contribution in [-0.2, 0) is 9.53 Å². The van der Waals surface area contributed by atoms with Crippen molar-refractivity contribution in [1.29, 1.82) is 0 Å². The molecule has 0 bridgehead atoms. The average molecular weight is 252 g/mol. The molecule has 1 aliphatic rings. The van der Waals surface area contributed by atoms with Crippen molar-refractivity contribution in [2.24, 2.45) is 11.3 Å². The van der Waals surface area contributed by atoms with Crippen molar-refractivity contribution in [3.8, 4) is 0 Å². The zero-order valence-corrected chi connectivity index (χ0v) is 12.4. The minimum Gasteiger partial charge on any atom is -0.466 e. The van der Waals surface area contributed by atoms with Gasteiger partial charge in [-0.25, -0.2) is 0 Å². The lowest BCUT2D eigenvalue weighted by Crippen LogP contribution is -2.31. The van der Waals surface area contributed by atoms with Crippen LogP contribution in [0.25, 0.3) is 0 Å². The average Bonchev–Trinajstić information content (AvgIpc) is 2.32. The van der Waals surface area contributed by atoms with Gasteiger partial charge in [0.2, 0.25) is 0 Å². The molecule has 0 aromatic heterocycles. The van der Waals surface area contributed by atoms with E-state index >= 15 is 0 Å². The van der Waals surface area contributed by atoms with Crippen molar-refractivity contribution in [3.63, 3.8) is 0 Å². The summed E-state index contributed by atoms with van der Waals surface area (Å²) in [7, 11) is 0. The molecule has 0 heterocycles. The molecule has 0 amide bonds. The van der Waals surface area contributed by atoms with Crippen molar-refractivity contribution < 1.29 is 9.53 Å². The summed E-state index contributed by atoms with van der Waals surface area (Å²) < 4.78 is 5.16. The molecule has 1 atom stereocenters. The largest absolute Gasteiger partial charge is 0.466 e. The van der Waals surface area contributed by atoms with Gasteiger partial charge in [0.15, 0.2) is 0 Å². The molecule has 0 aromatic carbocycles. The summed E-state index contributed by atoms with van der Waals surface area (Å²) in [6.45, 7) is 8.93. The van der Waals surface area contributed by atoms with Crippen LogP contribution < -0.4 is 0 Å². The molecule has 2 nitrogen and oxygen atoms in total. The SMILES string of the molecule is CCOC(=O)C1(C)CC=C(CCCC(C)C)CC1. The van der Waals surface area contributed by atoms with E-state index < -0.39 is 0 Å². The predicted molar refractivity (Wildman–Crippen MR) is 75.4 cm³/mol. The smallest absolute Gasteiger partial charge is 0.312 e. The van der Waals surface area contributed by atoms with Crippen molar-refractivity contribution >= 4 is 5.97 Å². The second kappa shape index (κ2) is 6.96. The van der Waals surface area contributed by atoms with Crippen LogP contribution in [-0.4, -0.2) is 12.6 Å². The lowest BCUT2D eigenvalue weighted by Gasteiger charge is -2.30. The Hall–Kier alpha value is -0.790. The monoisotopic (exact) mass is 252 g/mol. The quantitative estimate of drug-likeness (QED) is 0.514. The molecule has 0 spiro atoms. The first-order valence-electron chi connectivity index (χ1n) is 7.33. The Morgan fingerprint density at radius 2 is 2.22 bits per heavy atom. The molecular formula is C16H28O2. The summed E-state index contributed by atoms with van der Waals surface area (Å²) in [6.07, 6.45) is 8.92. The van der Waals surface area contributed by atoms with Crippen molar-refractivity contribution in [2.45, 2.75) is 66.2 Å². The maximum atomic E-state index is 11.9. The Balaban J connectivity index is 2.42. The Bertz CT molecular complexity index is 304. The zero-order valence-electron chi connectivity index (χ0n) is 12.4. The zero-order chi connectivity index (χ0) is 13.6. The molecule has 0 fully saturated rings. The van der Waals surface area contributed by atoms with Crippen molar-refractivity contribution in [3.05, 3.63) is 11.6 Å². The van der Waals surface area contributed by atoms with Gasteiger partial charge in [-0.1, -0.05) is 31.9 Å². The van der Waals surface area contributed by atoms with Gasteiger partial charge in [-0.15, -0.1) is 0 Å². The van der Waals surface area contributed by atoms with Gasteiger partial charge in [0.1, 0.15) is 0 Å². The third-order valence-corrected chi connectivity index (χ3v) is 3.89. The Morgan fingerprint density at radius 1 is 1.50 bits per heavy atom. The van der Waals surface area contributed by atoms with E-state index in [1.54, 1.807) is 0 Å². The first-order chi connectivity index (χ1) is 8.48. The van der Waals surface area contributed by atoms with E-state index in [0.29, 0.717) is 6.61 Å². The van der Waals surface area contributed by atoms with Crippen LogP contribution in [0.5, 0.6) is 0 Å². The summed E-state index contributed by atoms with van der Waals surface area (Å²) >= 11 is 0. The Kier molecular flexibility index (Phi) is 5.90. The fourth-order valence-electron chi connectivity index (χ4n) is 2.47. The molecule has 1 rings (SSSR count). The molecule has 0 aromatic rings. The molecule has 18 heavy (non-hydrogen) atoms. The second-order valence-corrected chi connectivity index (χ2v) is 6.13. The normalized spacial score (nSPS) is 23.9. The van der Waals surface area contributed by atoms with Gasteiger partial charge in [-0.05, 0) is 51.9 Å². The molecular weight excluding hydrogens is 224 g/mol. The van der Waals surface area contributed by atoms with Crippen LogP contribution in [0.1, 0.15) is 66.2 Å². The Labute approximate surface area is 112 Å². The molecule has 0 saturated carbocycles. The first-order valence-corrected chi connectivity index (χ1v) is 7.33. The summed E-state index contributed by atoms with van der Waals surface area (Å²) in [6, 6.07) is 0. The van der Waals surface area contributed by atoms with Crippen molar-refractivity contribution in [1.82, 2.24) is 0 Å². The number of hydrogen-bond acceptors (Lipinski definition) is 2. The van der Waals surface area contributed by atoms with Crippen LogP contribution in [0, 0.1) is 11.3 Å². The van der Waals surface area contributed by atoms with Gasteiger partial charge >= 0.3 is 5.97 Å². The van der Waals surface area contributed by atoms with Crippen LogP contribution in [0.2, 0.25) is 0 Å². The molecule has 1 aliphatic carbocycles. The topological polar surface area (TPSA) is 26.3 Å². The van der Waals surface area contributed by atoms with Crippen LogP contribution in [0.15, 0.2) is 11.6 Å². The van der Waals surface area contributed by atoms with E-state index in [2.05, 4.69) is 19.9 Å². The fourth-order valence-corrected chi connectivity index (χ4v) is 2.47. The van der Waals surface area contributed by atoms with E-state index in [1.165, 1.54) is 24.8 Å². The van der Waals surface area contributed by atoms with E-state index in [0.717, 1.165) is 25.2 Å². The molecule has 0 saturated heterocycles. The number of hydrogen-bond donors (Lipinski definition) is 0. The van der Waals surface area contributed by atoms with Crippen molar-refractivity contribution in [2.75, 3.05) is 6.61 Å². The highest BCUT2D eigenvalue weighted by Gasteiger charge is 2.35. The van der Waals surface area contributed by atoms with Gasteiger partial charge in [-0.3, -0.25) is 4.79 Å². The van der Waals surface area contributed by atoms with Gasteiger partial charge in [0.05, 0.1) is 12.0 Å². The summed E-state index contributed by atoms with van der Waals surface area (Å²) in [4.78, 5) is 11.9. The minimum atomic E-state index is -0.280. The third-order valence-electron chi connectivity index (χ3n) is 3.89. The molecule has 104 valence electrons. The maximum absolute atomic E-state index is 11.9. The standard InChI is InChI=1S/C16H28O2/c1-5-18-15(17)16(4)11-9-14(10-12-16)8-6-7-13(2)3/h9,13H,5-8,10-12H2,1-4H3. The predicted octanol–water partition coefficient (Wildman–Crippen LogP) is 4.49. The lowest BCUT2D eigenvalue weighted by atomic mass is 9.76. The molecule has 0 aliphatic heterocycles. The number of carbonyl (C=O) groups excluding carboxylic acids is 1. The van der Waals surface area contributed by atoms with E-state index in [9.17, 15) is 4.79 Å². The second-order valence-electron chi connectivity index (χ2n) is 6.13. The number of ether oxygens (including phenoxy) is 1. The maximum Gasteiger partial charge on any atom is 0.312 e. The van der Waals surface area contributed by atoms with Gasteiger partial charge in [0, 0.05) is 0 Å². The molecule has 0 radical (unpaired) electrons. The summed E-state index contributed by atoms with van der Waals surface area (Å²) in [5, 5.41) is 0. The third kappa shape index (κ3) is 4.47. The van der Waals surface area contributed by atoms with E-state index in [1.807, 2.05) is 13.8 Å². The number of allylic oxidation sites excluding steroid dienone is 2. The van der Waals surface area contributed by atoms with Crippen LogP contribution in [0.3, 0.4) is 0 Å². The fraction of sp³-hybridized carbons (Fsp3) is 0.812. The number of rotatable bonds is 6. The first kappa shape index (κ1) is 15.3. The van der Waals surface area contributed by atoms with E-state index in [4.69, 9.17) is 4.74 Å². The summed E-state index contributed by atoms with van der Waals surface area (Å²) in [5.74, 6) is 0.765. The van der Waals surface area contributed by atoms with Gasteiger partial charge in [-0.2, -0.15) is 0 Å². The highest BCUT2D eigenvalue weighted by Crippen LogP contribution is 2.37. The van der Waals surface area contributed by atoms with Gasteiger partial charge in [0.25, 0.3) is 0 Å². The number of esters is 1. The molecule has 0 N–H and O–H groups in total. The lowest BCUT2D eigenvalue weighted by molar-refractivity contribution is -0.154. The van der Waals surface area contributed by atoms with Crippen LogP contribution >= 0.6 is 0 Å².